The van der Waals surface area contributed by atoms with Gasteiger partial charge in [0.2, 0.25) is 0 Å². The zero-order valence-electron chi connectivity index (χ0n) is 19.4. The Balaban J connectivity index is 1.67. The van der Waals surface area contributed by atoms with Crippen molar-refractivity contribution in [2.75, 3.05) is 27.9 Å². The molecule has 0 unspecified atom stereocenters. The summed E-state index contributed by atoms with van der Waals surface area (Å²) in [5, 5.41) is 2.88. The Hall–Kier alpha value is -4.01. The van der Waals surface area contributed by atoms with Crippen LogP contribution in [0.4, 0.5) is 4.79 Å². The number of aromatic amines is 1. The number of hydrogen-bond donors (Lipinski definition) is 2. The Kier molecular flexibility index (Phi) is 7.01. The van der Waals surface area contributed by atoms with Gasteiger partial charge in [-0.2, -0.15) is 0 Å². The first-order chi connectivity index (χ1) is 16.5. The van der Waals surface area contributed by atoms with Gasteiger partial charge in [0, 0.05) is 30.6 Å². The second kappa shape index (κ2) is 10.3. The molecule has 0 aliphatic carbocycles. The number of benzene rings is 2. The van der Waals surface area contributed by atoms with Gasteiger partial charge >= 0.3 is 12.0 Å². The number of urea groups is 1. The minimum atomic E-state index is -0.840. The molecule has 2 heterocycles. The van der Waals surface area contributed by atoms with Crippen LogP contribution in [-0.4, -0.2) is 60.8 Å². The van der Waals surface area contributed by atoms with Crippen LogP contribution in [0, 0.1) is 0 Å². The fourth-order valence-electron chi connectivity index (χ4n) is 4.28. The second-order valence-corrected chi connectivity index (χ2v) is 7.94. The zero-order chi connectivity index (χ0) is 24.1. The van der Waals surface area contributed by atoms with Crippen molar-refractivity contribution in [3.8, 4) is 11.5 Å². The summed E-state index contributed by atoms with van der Waals surface area (Å²) in [6.07, 6.45) is 2.54. The minimum absolute atomic E-state index is 0.313. The number of aromatic nitrogens is 2. The monoisotopic (exact) mass is 464 g/mol. The number of fused-ring (bicyclic) bond motifs is 1. The number of carbonyl (C=O) groups is 2. The van der Waals surface area contributed by atoms with Crippen molar-refractivity contribution >= 4 is 12.0 Å². The molecule has 2 amide bonds. The van der Waals surface area contributed by atoms with Crippen molar-refractivity contribution in [1.29, 1.82) is 0 Å². The summed E-state index contributed by atoms with van der Waals surface area (Å²) in [6.45, 7) is 0.422. The molecule has 9 heteroatoms. The summed E-state index contributed by atoms with van der Waals surface area (Å²) >= 11 is 0. The highest BCUT2D eigenvalue weighted by atomic mass is 16.5. The minimum Gasteiger partial charge on any atom is -0.497 e. The smallest absolute Gasteiger partial charge is 0.328 e. The van der Waals surface area contributed by atoms with E-state index in [0.717, 1.165) is 22.5 Å². The van der Waals surface area contributed by atoms with E-state index < -0.39 is 24.1 Å². The molecule has 2 aromatic carbocycles. The van der Waals surface area contributed by atoms with Gasteiger partial charge in [-0.05, 0) is 23.8 Å². The molecular formula is C25H28N4O5. The van der Waals surface area contributed by atoms with Crippen molar-refractivity contribution in [1.82, 2.24) is 20.2 Å². The lowest BCUT2D eigenvalue weighted by atomic mass is 9.94. The fourth-order valence-corrected chi connectivity index (χ4v) is 4.28. The Morgan fingerprint density at radius 2 is 1.94 bits per heavy atom. The van der Waals surface area contributed by atoms with Crippen LogP contribution in [0.5, 0.6) is 11.5 Å². The maximum atomic E-state index is 13.6. The zero-order valence-corrected chi connectivity index (χ0v) is 19.4. The second-order valence-electron chi connectivity index (χ2n) is 7.94. The maximum Gasteiger partial charge on any atom is 0.328 e. The summed E-state index contributed by atoms with van der Waals surface area (Å²) in [5.41, 5.74) is 3.33. The number of esters is 1. The standard InChI is InChI=1S/C25H28N4O5/c1-32-17-9-10-21(33-2)18(14-17)23-22-19(26-15-27-22)11-12-29(23)25(31)28-20(24(30)34-3)13-16-7-5-4-6-8-16/h4-10,14-15,20,23H,11-13H2,1-3H3,(H,26,27)(H,28,31)/t20-,23-/m0/s1. The van der Waals surface area contributed by atoms with E-state index in [1.54, 1.807) is 37.6 Å². The quantitative estimate of drug-likeness (QED) is 0.521. The first kappa shape index (κ1) is 23.2. The first-order valence-corrected chi connectivity index (χ1v) is 11.0. The largest absolute Gasteiger partial charge is 0.497 e. The number of nitrogens with one attached hydrogen (secondary N) is 2. The van der Waals surface area contributed by atoms with Crippen molar-refractivity contribution in [2.24, 2.45) is 0 Å². The molecule has 4 rings (SSSR count). The van der Waals surface area contributed by atoms with Gasteiger partial charge in [0.15, 0.2) is 0 Å². The summed E-state index contributed by atoms with van der Waals surface area (Å²) in [5.74, 6) is 0.730. The van der Waals surface area contributed by atoms with Crippen LogP contribution in [0.25, 0.3) is 0 Å². The van der Waals surface area contributed by atoms with Crippen LogP contribution in [-0.2, 0) is 22.4 Å². The van der Waals surface area contributed by atoms with Gasteiger partial charge in [0.25, 0.3) is 0 Å². The van der Waals surface area contributed by atoms with Crippen molar-refractivity contribution in [3.05, 3.63) is 77.4 Å². The van der Waals surface area contributed by atoms with E-state index >= 15 is 0 Å². The van der Waals surface area contributed by atoms with Gasteiger partial charge in [-0.25, -0.2) is 14.6 Å². The van der Waals surface area contributed by atoms with Gasteiger partial charge in [0.05, 0.1) is 33.4 Å². The number of hydrogen-bond acceptors (Lipinski definition) is 6. The summed E-state index contributed by atoms with van der Waals surface area (Å²) in [7, 11) is 4.48. The molecule has 1 aliphatic rings. The summed E-state index contributed by atoms with van der Waals surface area (Å²) < 4.78 is 16.0. The molecule has 1 aliphatic heterocycles. The van der Waals surface area contributed by atoms with Crippen molar-refractivity contribution < 1.29 is 23.8 Å². The van der Waals surface area contributed by atoms with Gasteiger partial charge in [0.1, 0.15) is 23.6 Å². The first-order valence-electron chi connectivity index (χ1n) is 11.0. The third-order valence-electron chi connectivity index (χ3n) is 5.98. The van der Waals surface area contributed by atoms with E-state index in [2.05, 4.69) is 15.3 Å². The number of H-pyrrole nitrogens is 1. The molecule has 3 aromatic rings. The molecule has 0 radical (unpaired) electrons. The number of nitrogens with zero attached hydrogens (tertiary/aromatic N) is 2. The van der Waals surface area contributed by atoms with Gasteiger partial charge in [-0.1, -0.05) is 30.3 Å². The number of imidazole rings is 1. The molecule has 0 saturated heterocycles. The molecule has 0 saturated carbocycles. The van der Waals surface area contributed by atoms with Crippen LogP contribution < -0.4 is 14.8 Å². The number of ether oxygens (including phenoxy) is 3. The Morgan fingerprint density at radius 3 is 2.65 bits per heavy atom. The molecule has 2 N–H and O–H groups in total. The van der Waals surface area contributed by atoms with E-state index in [0.29, 0.717) is 30.9 Å². The molecule has 0 spiro atoms. The highest BCUT2D eigenvalue weighted by Crippen LogP contribution is 2.39. The average Bonchev–Trinajstić information content (AvgIpc) is 3.36. The highest BCUT2D eigenvalue weighted by molar-refractivity contribution is 5.84. The number of amides is 2. The number of rotatable bonds is 7. The maximum absolute atomic E-state index is 13.6. The number of carbonyl (C=O) groups excluding carboxylic acids is 2. The molecule has 2 atom stereocenters. The average molecular weight is 465 g/mol. The van der Waals surface area contributed by atoms with Crippen LogP contribution >= 0.6 is 0 Å². The van der Waals surface area contributed by atoms with Gasteiger partial charge < -0.3 is 29.4 Å². The fraction of sp³-hybridized carbons (Fsp3) is 0.320. The lowest BCUT2D eigenvalue weighted by Crippen LogP contribution is -2.52. The molecule has 34 heavy (non-hydrogen) atoms. The molecule has 178 valence electrons. The Labute approximate surface area is 198 Å². The molecule has 1 aromatic heterocycles. The number of methoxy groups -OCH3 is 3. The molecule has 9 nitrogen and oxygen atoms in total. The van der Waals surface area contributed by atoms with E-state index in [9.17, 15) is 9.59 Å². The van der Waals surface area contributed by atoms with E-state index in [4.69, 9.17) is 14.2 Å². The predicted molar refractivity (Wildman–Crippen MR) is 125 cm³/mol. The molecular weight excluding hydrogens is 436 g/mol. The van der Waals surface area contributed by atoms with Crippen LogP contribution in [0.2, 0.25) is 0 Å². The Bertz CT molecular complexity index is 1150. The van der Waals surface area contributed by atoms with Crippen molar-refractivity contribution in [3.63, 3.8) is 0 Å². The Morgan fingerprint density at radius 1 is 1.15 bits per heavy atom. The van der Waals surface area contributed by atoms with E-state index in [-0.39, 0.29) is 0 Å². The van der Waals surface area contributed by atoms with Gasteiger partial charge in [-0.3, -0.25) is 0 Å². The lowest BCUT2D eigenvalue weighted by molar-refractivity contribution is -0.142. The lowest BCUT2D eigenvalue weighted by Gasteiger charge is -2.36. The third-order valence-corrected chi connectivity index (χ3v) is 5.98. The summed E-state index contributed by atoms with van der Waals surface area (Å²) in [6, 6.07) is 13.2. The van der Waals surface area contributed by atoms with Crippen LogP contribution in [0.15, 0.2) is 54.9 Å². The van der Waals surface area contributed by atoms with Crippen LogP contribution in [0.1, 0.15) is 28.6 Å². The normalized spacial score (nSPS) is 15.7. The summed E-state index contributed by atoms with van der Waals surface area (Å²) in [4.78, 5) is 35.5. The highest BCUT2D eigenvalue weighted by Gasteiger charge is 2.37. The topological polar surface area (TPSA) is 106 Å². The van der Waals surface area contributed by atoms with Gasteiger partial charge in [-0.15, -0.1) is 0 Å². The molecule has 0 fully saturated rings. The third kappa shape index (κ3) is 4.68. The SMILES string of the molecule is COC(=O)[C@H](Cc1ccccc1)NC(=O)N1CCc2[nH]cnc2[C@@H]1c1cc(OC)ccc1OC. The van der Waals surface area contributed by atoms with E-state index in [1.165, 1.54) is 7.11 Å². The molecule has 0 bridgehead atoms. The van der Waals surface area contributed by atoms with Crippen molar-refractivity contribution in [2.45, 2.75) is 24.9 Å². The predicted octanol–water partition coefficient (Wildman–Crippen LogP) is 2.87. The van der Waals surface area contributed by atoms with E-state index in [1.807, 2.05) is 36.4 Å². The van der Waals surface area contributed by atoms with Crippen LogP contribution in [0.3, 0.4) is 0 Å².